The molecule has 0 aliphatic carbocycles. The number of allylic oxidation sites excluding steroid dienone is 2. The number of hydrogen-bond acceptors (Lipinski definition) is 6. The lowest BCUT2D eigenvalue weighted by Crippen LogP contribution is -2.40. The molecule has 1 heterocycles. The number of hydrogen-bond donors (Lipinski definition) is 2. The van der Waals surface area contributed by atoms with Crippen LogP contribution >= 0.6 is 0 Å². The number of unbranched alkanes of at least 4 members (excludes halogenated alkanes) is 48. The van der Waals surface area contributed by atoms with Gasteiger partial charge in [0.05, 0.1) is 31.0 Å². The third-order valence-corrected chi connectivity index (χ3v) is 15.5. The van der Waals surface area contributed by atoms with E-state index < -0.39 is 36.5 Å². The number of cyclic esters (lactones) is 2. The van der Waals surface area contributed by atoms with Crippen LogP contribution in [0.2, 0.25) is 0 Å². The number of carbonyl (C=O) groups excluding carboxylic acids is 2. The number of aliphatic hydroxyl groups excluding tert-OH is 2. The van der Waals surface area contributed by atoms with Crippen molar-refractivity contribution in [1.29, 1.82) is 0 Å². The first-order valence-electron chi connectivity index (χ1n) is 31.3. The molecule has 1 aliphatic heterocycles. The molecule has 0 radical (unpaired) electrons. The summed E-state index contributed by atoms with van der Waals surface area (Å²) in [5.41, 5.74) is -1.12. The quantitative estimate of drug-likeness (QED) is 0.0358. The minimum Gasteiger partial charge on any atom is -0.465 e. The molecule has 0 aromatic carbocycles. The largest absolute Gasteiger partial charge is 0.465 e. The predicted octanol–water partition coefficient (Wildman–Crippen LogP) is 19.5. The van der Waals surface area contributed by atoms with Gasteiger partial charge >= 0.3 is 11.9 Å². The van der Waals surface area contributed by atoms with Crippen molar-refractivity contribution in [1.82, 2.24) is 0 Å². The molecule has 6 nitrogen and oxygen atoms in total. The van der Waals surface area contributed by atoms with Gasteiger partial charge in [-0.1, -0.05) is 314 Å². The lowest BCUT2D eigenvalue weighted by molar-refractivity contribution is -0.155. The van der Waals surface area contributed by atoms with Crippen LogP contribution < -0.4 is 0 Å². The molecule has 408 valence electrons. The third-order valence-electron chi connectivity index (χ3n) is 15.5. The normalized spacial score (nSPS) is 15.4. The summed E-state index contributed by atoms with van der Waals surface area (Å²) >= 11 is 0. The fourth-order valence-corrected chi connectivity index (χ4v) is 10.4. The fourth-order valence-electron chi connectivity index (χ4n) is 10.4. The number of carbonyl (C=O) groups is 2. The van der Waals surface area contributed by atoms with Gasteiger partial charge in [-0.25, -0.2) is 0 Å². The van der Waals surface area contributed by atoms with E-state index in [0.29, 0.717) is 6.42 Å². The van der Waals surface area contributed by atoms with Gasteiger partial charge < -0.3 is 19.7 Å². The molecule has 69 heavy (non-hydrogen) atoms. The lowest BCUT2D eigenvalue weighted by atomic mass is 9.92. The molecule has 0 bridgehead atoms. The van der Waals surface area contributed by atoms with Crippen LogP contribution in [0.25, 0.3) is 0 Å². The Kier molecular flexibility index (Phi) is 50.3. The minimum atomic E-state index is -1.12. The van der Waals surface area contributed by atoms with Crippen molar-refractivity contribution in [2.75, 3.05) is 26.4 Å². The van der Waals surface area contributed by atoms with E-state index in [2.05, 4.69) is 19.1 Å². The highest BCUT2D eigenvalue weighted by atomic mass is 16.6. The fraction of sp³-hybridized carbons (Fsp3) is 0.937. The van der Waals surface area contributed by atoms with E-state index in [4.69, 9.17) is 9.47 Å². The monoisotopic (exact) mass is 973 g/mol. The molecule has 0 aromatic heterocycles. The molecule has 1 atom stereocenters. The van der Waals surface area contributed by atoms with E-state index in [-0.39, 0.29) is 19.6 Å². The van der Waals surface area contributed by atoms with Crippen LogP contribution in [-0.4, -0.2) is 48.6 Å². The predicted molar refractivity (Wildman–Crippen MR) is 297 cm³/mol. The Morgan fingerprint density at radius 2 is 0.623 bits per heavy atom. The first kappa shape index (κ1) is 65.6. The SMILES string of the molecule is CCCCCCCCCCCCCCCCCCCCCCCCCC/C=C/CCCCCCCCCCCCCCCCCCCCCCCCCCC1CC(=O)OCC(CO)(CO)COC1=O. The van der Waals surface area contributed by atoms with E-state index in [1.165, 1.54) is 302 Å². The zero-order chi connectivity index (χ0) is 49.7. The molecule has 1 rings (SSSR count). The maximum Gasteiger partial charge on any atom is 0.309 e. The van der Waals surface area contributed by atoms with Crippen molar-refractivity contribution in [2.45, 2.75) is 341 Å². The summed E-state index contributed by atoms with van der Waals surface area (Å²) in [7, 11) is 0. The Morgan fingerprint density at radius 3 is 0.899 bits per heavy atom. The Morgan fingerprint density at radius 1 is 0.377 bits per heavy atom. The summed E-state index contributed by atoms with van der Waals surface area (Å²) < 4.78 is 10.6. The maximum absolute atomic E-state index is 12.5. The minimum absolute atomic E-state index is 0.00442. The summed E-state index contributed by atoms with van der Waals surface area (Å²) in [6.07, 6.45) is 75.7. The summed E-state index contributed by atoms with van der Waals surface area (Å²) in [5.74, 6) is -1.40. The van der Waals surface area contributed by atoms with Crippen molar-refractivity contribution in [3.63, 3.8) is 0 Å². The summed E-state index contributed by atoms with van der Waals surface area (Å²) in [6.45, 7) is 1.21. The highest BCUT2D eigenvalue weighted by Gasteiger charge is 2.36. The van der Waals surface area contributed by atoms with E-state index in [1.54, 1.807) is 0 Å². The molecule has 0 spiro atoms. The number of aliphatic hydroxyl groups is 2. The number of ether oxygens (including phenoxy) is 2. The molecule has 0 aromatic rings. The zero-order valence-corrected chi connectivity index (χ0v) is 46.4. The van der Waals surface area contributed by atoms with Crippen LogP contribution in [0, 0.1) is 11.3 Å². The van der Waals surface area contributed by atoms with Crippen LogP contribution in [0.3, 0.4) is 0 Å². The Bertz CT molecular complexity index is 1090. The van der Waals surface area contributed by atoms with Gasteiger partial charge in [0.2, 0.25) is 0 Å². The first-order chi connectivity index (χ1) is 34.1. The van der Waals surface area contributed by atoms with Crippen LogP contribution in [0.15, 0.2) is 12.2 Å². The second-order valence-electron chi connectivity index (χ2n) is 22.4. The standard InChI is InChI=1S/C63H120O6/c1-2-3-4-5-6-7-8-9-10-11-12-13-14-15-16-17-18-19-20-21-22-23-24-25-26-27-28-29-30-31-32-33-34-35-36-37-38-39-40-41-42-43-44-45-46-47-48-49-50-51-52-53-54-60-55-61(66)68-58-63(56-64,57-65)59-69-62(60)67/h27-28,60,64-65H,2-26,29-59H2,1H3/b28-27+. The van der Waals surface area contributed by atoms with Gasteiger partial charge in [0.25, 0.3) is 0 Å². The molecule has 0 amide bonds. The molecule has 1 saturated heterocycles. The van der Waals surface area contributed by atoms with Crippen molar-refractivity contribution in [3.05, 3.63) is 12.2 Å². The van der Waals surface area contributed by atoms with E-state index >= 15 is 0 Å². The Balaban J connectivity index is 1.69. The van der Waals surface area contributed by atoms with Crippen molar-refractivity contribution >= 4 is 11.9 Å². The van der Waals surface area contributed by atoms with Gasteiger partial charge in [-0.15, -0.1) is 0 Å². The van der Waals surface area contributed by atoms with E-state index in [9.17, 15) is 19.8 Å². The van der Waals surface area contributed by atoms with Gasteiger partial charge in [0.15, 0.2) is 0 Å². The topological polar surface area (TPSA) is 93.1 Å². The first-order valence-corrected chi connectivity index (χ1v) is 31.3. The Labute approximate surface area is 430 Å². The van der Waals surface area contributed by atoms with Crippen molar-refractivity contribution < 1.29 is 29.3 Å². The molecular formula is C63H120O6. The van der Waals surface area contributed by atoms with Crippen LogP contribution in [0.4, 0.5) is 0 Å². The van der Waals surface area contributed by atoms with Gasteiger partial charge in [-0.3, -0.25) is 9.59 Å². The van der Waals surface area contributed by atoms with Gasteiger partial charge in [0.1, 0.15) is 13.2 Å². The molecule has 0 saturated carbocycles. The summed E-state index contributed by atoms with van der Waals surface area (Å²) in [5, 5.41) is 19.2. The van der Waals surface area contributed by atoms with Crippen LogP contribution in [0.1, 0.15) is 341 Å². The van der Waals surface area contributed by atoms with Crippen LogP contribution in [0.5, 0.6) is 0 Å². The molecule has 1 aliphatic rings. The second kappa shape index (κ2) is 52.9. The molecule has 2 N–H and O–H groups in total. The summed E-state index contributed by atoms with van der Waals surface area (Å²) in [6, 6.07) is 0. The lowest BCUT2D eigenvalue weighted by Gasteiger charge is -2.27. The highest BCUT2D eigenvalue weighted by Crippen LogP contribution is 2.25. The summed E-state index contributed by atoms with van der Waals surface area (Å²) in [4.78, 5) is 24.7. The molecule has 6 heteroatoms. The molecule has 1 fully saturated rings. The Hall–Kier alpha value is -1.40. The van der Waals surface area contributed by atoms with E-state index in [0.717, 1.165) is 19.3 Å². The zero-order valence-electron chi connectivity index (χ0n) is 46.4. The molecular weight excluding hydrogens is 853 g/mol. The smallest absolute Gasteiger partial charge is 0.309 e. The molecule has 1 unspecified atom stereocenters. The maximum atomic E-state index is 12.5. The van der Waals surface area contributed by atoms with Crippen molar-refractivity contribution in [2.24, 2.45) is 11.3 Å². The van der Waals surface area contributed by atoms with Gasteiger partial charge in [0, 0.05) is 0 Å². The number of esters is 2. The second-order valence-corrected chi connectivity index (χ2v) is 22.4. The van der Waals surface area contributed by atoms with Gasteiger partial charge in [-0.05, 0) is 32.1 Å². The number of rotatable bonds is 54. The van der Waals surface area contributed by atoms with E-state index in [1.807, 2.05) is 0 Å². The average molecular weight is 974 g/mol. The van der Waals surface area contributed by atoms with Crippen LogP contribution in [-0.2, 0) is 19.1 Å². The highest BCUT2D eigenvalue weighted by molar-refractivity contribution is 5.80. The van der Waals surface area contributed by atoms with Crippen molar-refractivity contribution in [3.8, 4) is 0 Å². The van der Waals surface area contributed by atoms with Gasteiger partial charge in [-0.2, -0.15) is 0 Å². The average Bonchev–Trinajstić information content (AvgIpc) is 3.41. The third kappa shape index (κ3) is 45.0.